The number of carbonyl (C=O) groups excluding carboxylic acids is 2. The zero-order chi connectivity index (χ0) is 23.7. The molecule has 3 rings (SSSR count). The molecule has 2 heterocycles. The number of hydrogen-bond donors (Lipinski definition) is 2. The number of ether oxygens (including phenoxy) is 1. The molecule has 0 fully saturated rings. The normalized spacial score (nSPS) is 15.0. The zero-order valence-electron chi connectivity index (χ0n) is 17.0. The fourth-order valence-corrected chi connectivity index (χ4v) is 3.12. The van der Waals surface area contributed by atoms with Crippen molar-refractivity contribution in [2.24, 2.45) is 0 Å². The number of amides is 3. The van der Waals surface area contributed by atoms with Gasteiger partial charge in [0.1, 0.15) is 18.0 Å². The van der Waals surface area contributed by atoms with E-state index in [0.717, 1.165) is 23.1 Å². The summed E-state index contributed by atoms with van der Waals surface area (Å²) in [6.45, 7) is 1.95. The lowest BCUT2D eigenvalue weighted by Gasteiger charge is -2.30. The van der Waals surface area contributed by atoms with Gasteiger partial charge in [0.15, 0.2) is 5.82 Å². The van der Waals surface area contributed by atoms with Gasteiger partial charge in [-0.1, -0.05) is 19.1 Å². The Hall–Kier alpha value is -3.44. The number of aromatic nitrogens is 1. The van der Waals surface area contributed by atoms with Crippen LogP contribution in [-0.4, -0.2) is 29.8 Å². The average Bonchev–Trinajstić information content (AvgIpc) is 2.69. The molecule has 1 aliphatic heterocycles. The fraction of sp³-hybridized carbons (Fsp3) is 0.350. The largest absolute Gasteiger partial charge is 0.573 e. The van der Waals surface area contributed by atoms with Gasteiger partial charge in [0.25, 0.3) is 5.92 Å². The number of hydrogen-bond acceptors (Lipinski definition) is 4. The van der Waals surface area contributed by atoms with E-state index in [9.17, 15) is 31.5 Å². The summed E-state index contributed by atoms with van der Waals surface area (Å²) >= 11 is 0. The van der Waals surface area contributed by atoms with Crippen LogP contribution in [0.15, 0.2) is 36.4 Å². The van der Waals surface area contributed by atoms with Crippen molar-refractivity contribution in [3.05, 3.63) is 47.7 Å². The van der Waals surface area contributed by atoms with Gasteiger partial charge < -0.3 is 15.4 Å². The second-order valence-electron chi connectivity index (χ2n) is 7.12. The van der Waals surface area contributed by atoms with Crippen LogP contribution in [0.2, 0.25) is 0 Å². The molecular formula is C20H19F5N4O3. The van der Waals surface area contributed by atoms with Crippen LogP contribution in [0, 0.1) is 0 Å². The van der Waals surface area contributed by atoms with E-state index in [1.165, 1.54) is 18.2 Å². The Morgan fingerprint density at radius 2 is 1.84 bits per heavy atom. The number of pyridine rings is 1. The quantitative estimate of drug-likeness (QED) is 0.636. The first-order chi connectivity index (χ1) is 14.9. The Bertz CT molecular complexity index is 1010. The third-order valence-electron chi connectivity index (χ3n) is 4.62. The van der Waals surface area contributed by atoms with Crippen molar-refractivity contribution in [3.63, 3.8) is 0 Å². The number of urea groups is 1. The first kappa shape index (κ1) is 23.2. The molecule has 1 unspecified atom stereocenters. The summed E-state index contributed by atoms with van der Waals surface area (Å²) in [6.07, 6.45) is -4.47. The maximum absolute atomic E-state index is 13.7. The van der Waals surface area contributed by atoms with E-state index in [4.69, 9.17) is 0 Å². The Balaban J connectivity index is 1.82. The number of benzene rings is 1. The summed E-state index contributed by atoms with van der Waals surface area (Å²) < 4.78 is 68.2. The van der Waals surface area contributed by atoms with Crippen LogP contribution in [0.4, 0.5) is 38.3 Å². The van der Waals surface area contributed by atoms with Gasteiger partial charge in [-0.25, -0.2) is 9.78 Å². The summed E-state index contributed by atoms with van der Waals surface area (Å²) in [5, 5.41) is 5.13. The standard InChI is InChI=1S/C20H19F5N4O3/c1-3-13(11-4-6-12(7-5-11)32-20(23,24)25)27-18(31)29-10-16(30)26-14-8-9-15(19(2,21)22)28-17(14)29/h4-9,13H,3,10H2,1-2H3,(H,26,30)(H,27,31). The monoisotopic (exact) mass is 458 g/mol. The molecule has 1 aromatic heterocycles. The molecule has 3 amide bonds. The lowest BCUT2D eigenvalue weighted by Crippen LogP contribution is -2.48. The number of halogens is 5. The second kappa shape index (κ2) is 8.60. The van der Waals surface area contributed by atoms with E-state index in [1.807, 2.05) is 0 Å². The summed E-state index contributed by atoms with van der Waals surface area (Å²) in [5.74, 6) is -4.34. The molecule has 2 aromatic rings. The van der Waals surface area contributed by atoms with Crippen molar-refractivity contribution < 1.29 is 36.3 Å². The molecule has 1 atom stereocenters. The van der Waals surface area contributed by atoms with Crippen LogP contribution in [0.1, 0.15) is 37.6 Å². The van der Waals surface area contributed by atoms with Crippen LogP contribution in [0.3, 0.4) is 0 Å². The van der Waals surface area contributed by atoms with Gasteiger partial charge in [-0.05, 0) is 36.2 Å². The molecule has 0 saturated heterocycles. The molecule has 32 heavy (non-hydrogen) atoms. The lowest BCUT2D eigenvalue weighted by molar-refractivity contribution is -0.274. The first-order valence-electron chi connectivity index (χ1n) is 9.50. The highest BCUT2D eigenvalue weighted by molar-refractivity contribution is 6.08. The number of fused-ring (bicyclic) bond motifs is 1. The van der Waals surface area contributed by atoms with Crippen LogP contribution < -0.4 is 20.3 Å². The summed E-state index contributed by atoms with van der Waals surface area (Å²) in [4.78, 5) is 29.7. The molecule has 1 aromatic carbocycles. The van der Waals surface area contributed by atoms with Gasteiger partial charge >= 0.3 is 12.4 Å². The van der Waals surface area contributed by atoms with Crippen molar-refractivity contribution in [2.45, 2.75) is 38.6 Å². The van der Waals surface area contributed by atoms with Gasteiger partial charge in [-0.15, -0.1) is 13.2 Å². The number of nitrogens with one attached hydrogen (secondary N) is 2. The third kappa shape index (κ3) is 5.42. The highest BCUT2D eigenvalue weighted by Gasteiger charge is 2.34. The van der Waals surface area contributed by atoms with Gasteiger partial charge in [-0.2, -0.15) is 8.78 Å². The van der Waals surface area contributed by atoms with Crippen LogP contribution in [0.25, 0.3) is 0 Å². The predicted molar refractivity (Wildman–Crippen MR) is 104 cm³/mol. The maximum atomic E-state index is 13.7. The Labute approximate surface area is 179 Å². The summed E-state index contributed by atoms with van der Waals surface area (Å²) in [7, 11) is 0. The van der Waals surface area contributed by atoms with E-state index < -0.39 is 48.3 Å². The molecule has 0 aliphatic carbocycles. The van der Waals surface area contributed by atoms with Crippen LogP contribution >= 0.6 is 0 Å². The highest BCUT2D eigenvalue weighted by Crippen LogP contribution is 2.33. The van der Waals surface area contributed by atoms with Crippen molar-refractivity contribution in [2.75, 3.05) is 16.8 Å². The fourth-order valence-electron chi connectivity index (χ4n) is 3.12. The van der Waals surface area contributed by atoms with E-state index in [1.54, 1.807) is 6.92 Å². The molecule has 12 heteroatoms. The molecule has 0 spiro atoms. The van der Waals surface area contributed by atoms with Gasteiger partial charge in [0.2, 0.25) is 5.91 Å². The lowest BCUT2D eigenvalue weighted by atomic mass is 10.0. The molecule has 2 N–H and O–H groups in total. The minimum Gasteiger partial charge on any atom is -0.406 e. The van der Waals surface area contributed by atoms with Crippen molar-refractivity contribution in [1.82, 2.24) is 10.3 Å². The molecule has 1 aliphatic rings. The minimum atomic E-state index is -4.83. The average molecular weight is 458 g/mol. The van der Waals surface area contributed by atoms with E-state index in [2.05, 4.69) is 20.4 Å². The van der Waals surface area contributed by atoms with Gasteiger partial charge in [0.05, 0.1) is 11.7 Å². The molecular weight excluding hydrogens is 439 g/mol. The van der Waals surface area contributed by atoms with Crippen molar-refractivity contribution in [1.29, 1.82) is 0 Å². The van der Waals surface area contributed by atoms with E-state index in [0.29, 0.717) is 18.9 Å². The molecule has 0 radical (unpaired) electrons. The zero-order valence-corrected chi connectivity index (χ0v) is 17.0. The van der Waals surface area contributed by atoms with Crippen molar-refractivity contribution in [3.8, 4) is 5.75 Å². The number of nitrogens with zero attached hydrogens (tertiary/aromatic N) is 2. The van der Waals surface area contributed by atoms with Crippen LogP contribution in [0.5, 0.6) is 5.75 Å². The Morgan fingerprint density at radius 3 is 2.41 bits per heavy atom. The summed E-state index contributed by atoms with van der Waals surface area (Å²) in [6, 6.07) is 5.83. The minimum absolute atomic E-state index is 0.103. The van der Waals surface area contributed by atoms with E-state index in [-0.39, 0.29) is 11.5 Å². The molecule has 7 nitrogen and oxygen atoms in total. The highest BCUT2D eigenvalue weighted by atomic mass is 19.4. The molecule has 172 valence electrons. The SMILES string of the molecule is CCC(NC(=O)N1CC(=O)Nc2ccc(C(C)(F)F)nc21)c1ccc(OC(F)(F)F)cc1. The molecule has 0 bridgehead atoms. The topological polar surface area (TPSA) is 83.6 Å². The predicted octanol–water partition coefficient (Wildman–Crippen LogP) is 4.71. The number of rotatable bonds is 5. The van der Waals surface area contributed by atoms with Gasteiger partial charge in [-0.3, -0.25) is 9.69 Å². The Morgan fingerprint density at radius 1 is 1.19 bits per heavy atom. The second-order valence-corrected chi connectivity index (χ2v) is 7.12. The number of anilines is 2. The van der Waals surface area contributed by atoms with Crippen LogP contribution in [-0.2, 0) is 10.7 Å². The summed E-state index contributed by atoms with van der Waals surface area (Å²) in [5.41, 5.74) is 0.0162. The Kier molecular flexibility index (Phi) is 6.24. The van der Waals surface area contributed by atoms with Crippen molar-refractivity contribution >= 4 is 23.4 Å². The number of alkyl halides is 5. The number of carbonyl (C=O) groups is 2. The smallest absolute Gasteiger partial charge is 0.406 e. The first-order valence-corrected chi connectivity index (χ1v) is 9.50. The molecule has 0 saturated carbocycles. The van der Waals surface area contributed by atoms with Gasteiger partial charge in [0, 0.05) is 6.92 Å². The third-order valence-corrected chi connectivity index (χ3v) is 4.62. The van der Waals surface area contributed by atoms with E-state index >= 15 is 0 Å². The maximum Gasteiger partial charge on any atom is 0.573 e.